The average Bonchev–Trinajstić information content (AvgIpc) is 2.98. The molecular weight excluding hydrogens is 302 g/mol. The van der Waals surface area contributed by atoms with Gasteiger partial charge in [0.1, 0.15) is 0 Å². The summed E-state index contributed by atoms with van der Waals surface area (Å²) in [6, 6.07) is 5.12. The second-order valence-electron chi connectivity index (χ2n) is 4.89. The number of benzene rings is 1. The molecule has 0 unspecified atom stereocenters. The van der Waals surface area contributed by atoms with E-state index in [-0.39, 0.29) is 30.3 Å². The zero-order valence-corrected chi connectivity index (χ0v) is 12.1. The van der Waals surface area contributed by atoms with Crippen molar-refractivity contribution in [1.29, 1.82) is 0 Å². The summed E-state index contributed by atoms with van der Waals surface area (Å²) in [7, 11) is 0. The van der Waals surface area contributed by atoms with Gasteiger partial charge in [-0.1, -0.05) is 0 Å². The van der Waals surface area contributed by atoms with Crippen molar-refractivity contribution in [2.75, 3.05) is 13.4 Å². The number of H-pyrrole nitrogens is 1. The first kappa shape index (κ1) is 13.5. The Morgan fingerprint density at radius 3 is 2.83 bits per heavy atom. The van der Waals surface area contributed by atoms with Crippen LogP contribution in [0.1, 0.15) is 17.5 Å². The third-order valence-electron chi connectivity index (χ3n) is 3.45. The highest BCUT2D eigenvalue weighted by molar-refractivity contribution is 5.94. The van der Waals surface area contributed by atoms with E-state index in [1.54, 1.807) is 25.1 Å². The predicted octanol–water partition coefficient (Wildman–Crippen LogP) is 1.38. The molecule has 2 aromatic heterocycles. The maximum atomic E-state index is 12.2. The van der Waals surface area contributed by atoms with Gasteiger partial charge in [0.2, 0.25) is 12.6 Å². The summed E-state index contributed by atoms with van der Waals surface area (Å²) in [4.78, 5) is 34.8. The number of aromatic amines is 1. The van der Waals surface area contributed by atoms with Gasteiger partial charge < -0.3 is 19.2 Å². The van der Waals surface area contributed by atoms with Crippen LogP contribution in [-0.2, 0) is 4.74 Å². The van der Waals surface area contributed by atoms with Crippen molar-refractivity contribution in [1.82, 2.24) is 15.0 Å². The second kappa shape index (κ2) is 4.94. The number of carbonyl (C=O) groups is 1. The number of hydrogen-bond donors (Lipinski definition) is 1. The number of aromatic nitrogens is 3. The maximum Gasteiger partial charge on any atom is 0.374 e. The number of carbonyl (C=O) groups excluding carboxylic acids is 1. The van der Waals surface area contributed by atoms with Gasteiger partial charge >= 0.3 is 5.97 Å². The average molecular weight is 313 g/mol. The van der Waals surface area contributed by atoms with E-state index in [0.717, 1.165) is 5.39 Å². The smallest absolute Gasteiger partial charge is 0.374 e. The molecule has 0 saturated carbocycles. The molecule has 1 aliphatic rings. The van der Waals surface area contributed by atoms with Crippen LogP contribution in [0.2, 0.25) is 0 Å². The Kier molecular flexibility index (Phi) is 2.90. The number of ether oxygens (including phenoxy) is 3. The van der Waals surface area contributed by atoms with Gasteiger partial charge in [-0.05, 0) is 19.1 Å². The van der Waals surface area contributed by atoms with Crippen molar-refractivity contribution < 1.29 is 19.0 Å². The lowest BCUT2D eigenvalue weighted by atomic mass is 10.1. The fraction of sp³-hybridized carbons (Fsp3) is 0.200. The van der Waals surface area contributed by atoms with Crippen LogP contribution in [0.3, 0.4) is 0 Å². The second-order valence-corrected chi connectivity index (χ2v) is 4.89. The fourth-order valence-electron chi connectivity index (χ4n) is 2.41. The number of rotatable bonds is 2. The van der Waals surface area contributed by atoms with E-state index in [1.165, 1.54) is 0 Å². The molecule has 1 aromatic carbocycles. The Labute approximate surface area is 129 Å². The fourth-order valence-corrected chi connectivity index (χ4v) is 2.41. The Morgan fingerprint density at radius 2 is 2.04 bits per heavy atom. The third kappa shape index (κ3) is 2.15. The van der Waals surface area contributed by atoms with E-state index in [9.17, 15) is 9.59 Å². The molecule has 3 heterocycles. The number of pyridine rings is 1. The van der Waals surface area contributed by atoms with Crippen LogP contribution < -0.4 is 15.0 Å². The van der Waals surface area contributed by atoms with Gasteiger partial charge in [0.25, 0.3) is 5.56 Å². The number of nitrogens with zero attached hydrogens (tertiary/aromatic N) is 2. The topological polar surface area (TPSA) is 103 Å². The van der Waals surface area contributed by atoms with Crippen molar-refractivity contribution in [3.8, 4) is 11.5 Å². The van der Waals surface area contributed by atoms with Crippen molar-refractivity contribution in [2.45, 2.75) is 6.92 Å². The molecule has 3 aromatic rings. The van der Waals surface area contributed by atoms with Crippen LogP contribution >= 0.6 is 0 Å². The summed E-state index contributed by atoms with van der Waals surface area (Å²) in [5.74, 6) is 0.321. The highest BCUT2D eigenvalue weighted by atomic mass is 16.7. The van der Waals surface area contributed by atoms with E-state index in [1.807, 2.05) is 0 Å². The van der Waals surface area contributed by atoms with Gasteiger partial charge in [-0.15, -0.1) is 0 Å². The molecular formula is C15H11N3O5. The molecule has 0 spiro atoms. The van der Waals surface area contributed by atoms with Crippen molar-refractivity contribution >= 4 is 27.9 Å². The van der Waals surface area contributed by atoms with Gasteiger partial charge in [-0.2, -0.15) is 0 Å². The van der Waals surface area contributed by atoms with Crippen molar-refractivity contribution in [3.63, 3.8) is 0 Å². The van der Waals surface area contributed by atoms with Crippen LogP contribution in [0.4, 0.5) is 0 Å². The molecule has 1 aliphatic heterocycles. The number of nitrogens with one attached hydrogen (secondary N) is 1. The molecule has 0 saturated heterocycles. The van der Waals surface area contributed by atoms with Crippen LogP contribution in [0.5, 0.6) is 11.5 Å². The quantitative estimate of drug-likeness (QED) is 0.563. The van der Waals surface area contributed by atoms with Gasteiger partial charge in [-0.3, -0.25) is 4.79 Å². The number of esters is 1. The van der Waals surface area contributed by atoms with E-state index in [0.29, 0.717) is 17.0 Å². The predicted molar refractivity (Wildman–Crippen MR) is 79.7 cm³/mol. The number of hydrogen-bond acceptors (Lipinski definition) is 7. The Balaban J connectivity index is 1.95. The Bertz CT molecular complexity index is 1010. The first-order valence-corrected chi connectivity index (χ1v) is 6.97. The minimum atomic E-state index is -0.695. The molecule has 4 rings (SSSR count). The molecule has 0 fully saturated rings. The summed E-state index contributed by atoms with van der Waals surface area (Å²) in [6.07, 6.45) is 0. The summed E-state index contributed by atoms with van der Waals surface area (Å²) in [5.41, 5.74) is 0.308. The van der Waals surface area contributed by atoms with Crippen molar-refractivity contribution in [3.05, 3.63) is 34.4 Å². The first-order valence-electron chi connectivity index (χ1n) is 6.97. The molecule has 23 heavy (non-hydrogen) atoms. The lowest BCUT2D eigenvalue weighted by Crippen LogP contribution is -2.18. The molecule has 8 heteroatoms. The summed E-state index contributed by atoms with van der Waals surface area (Å²) >= 11 is 0. The van der Waals surface area contributed by atoms with Gasteiger partial charge in [0, 0.05) is 11.5 Å². The van der Waals surface area contributed by atoms with E-state index in [4.69, 9.17) is 14.2 Å². The number of fused-ring (bicyclic) bond motifs is 3. The highest BCUT2D eigenvalue weighted by Gasteiger charge is 2.17. The van der Waals surface area contributed by atoms with Gasteiger partial charge in [0.15, 0.2) is 17.1 Å². The Hall–Kier alpha value is -3.16. The third-order valence-corrected chi connectivity index (χ3v) is 3.45. The van der Waals surface area contributed by atoms with Gasteiger partial charge in [-0.25, -0.2) is 14.8 Å². The SMILES string of the molecule is CCOC(=O)c1nc2nc3cc4c(cc3cc2c(=O)[nH]1)OCO4. The summed E-state index contributed by atoms with van der Waals surface area (Å²) in [5, 5.41) is 1.00. The normalized spacial score (nSPS) is 12.7. The molecule has 0 amide bonds. The molecule has 0 aliphatic carbocycles. The molecule has 1 N–H and O–H groups in total. The standard InChI is InChI=1S/C15H11N3O5/c1-2-21-15(20)13-17-12-8(14(19)18-13)3-7-4-10-11(23-6-22-10)5-9(7)16-12/h3-5H,2,6H2,1H3,(H,16,17,18,19). The van der Waals surface area contributed by atoms with E-state index >= 15 is 0 Å². The van der Waals surface area contributed by atoms with Crippen LogP contribution in [-0.4, -0.2) is 34.3 Å². The first-order chi connectivity index (χ1) is 11.2. The van der Waals surface area contributed by atoms with Crippen LogP contribution in [0.15, 0.2) is 23.0 Å². The lowest BCUT2D eigenvalue weighted by Gasteiger charge is -2.04. The van der Waals surface area contributed by atoms with Crippen LogP contribution in [0.25, 0.3) is 21.9 Å². The van der Waals surface area contributed by atoms with E-state index < -0.39 is 11.5 Å². The van der Waals surface area contributed by atoms with E-state index in [2.05, 4.69) is 15.0 Å². The molecule has 0 bridgehead atoms. The Morgan fingerprint density at radius 1 is 1.26 bits per heavy atom. The van der Waals surface area contributed by atoms with Crippen LogP contribution in [0, 0.1) is 0 Å². The molecule has 0 atom stereocenters. The summed E-state index contributed by atoms with van der Waals surface area (Å²) in [6.45, 7) is 2.01. The summed E-state index contributed by atoms with van der Waals surface area (Å²) < 4.78 is 15.5. The lowest BCUT2D eigenvalue weighted by molar-refractivity contribution is 0.0512. The highest BCUT2D eigenvalue weighted by Crippen LogP contribution is 2.35. The molecule has 8 nitrogen and oxygen atoms in total. The monoisotopic (exact) mass is 313 g/mol. The van der Waals surface area contributed by atoms with Gasteiger partial charge in [0.05, 0.1) is 17.5 Å². The maximum absolute atomic E-state index is 12.2. The minimum Gasteiger partial charge on any atom is -0.460 e. The minimum absolute atomic E-state index is 0.150. The zero-order valence-electron chi connectivity index (χ0n) is 12.1. The van der Waals surface area contributed by atoms with Crippen molar-refractivity contribution in [2.24, 2.45) is 0 Å². The molecule has 116 valence electrons. The largest absolute Gasteiger partial charge is 0.460 e. The zero-order chi connectivity index (χ0) is 16.0. The molecule has 0 radical (unpaired) electrons.